The summed E-state index contributed by atoms with van der Waals surface area (Å²) in [6.07, 6.45) is -3.43. The van der Waals surface area contributed by atoms with E-state index in [-0.39, 0.29) is 12.5 Å². The van der Waals surface area contributed by atoms with Crippen molar-refractivity contribution < 1.29 is 28.2 Å². The largest absolute Gasteiger partial charge is 0.481 e. The van der Waals surface area contributed by atoms with Crippen molar-refractivity contribution in [2.24, 2.45) is 11.8 Å². The lowest BCUT2D eigenvalue weighted by molar-refractivity contribution is -0.192. The van der Waals surface area contributed by atoms with E-state index < -0.39 is 24.6 Å². The van der Waals surface area contributed by atoms with Crippen LogP contribution in [-0.4, -0.2) is 42.1 Å². The third kappa shape index (κ3) is 7.17. The lowest BCUT2D eigenvalue weighted by Crippen LogP contribution is -2.39. The van der Waals surface area contributed by atoms with E-state index in [0.29, 0.717) is 19.4 Å². The molecule has 0 aliphatic heterocycles. The van der Waals surface area contributed by atoms with E-state index in [1.807, 2.05) is 6.92 Å². The van der Waals surface area contributed by atoms with Crippen LogP contribution in [0.5, 0.6) is 0 Å². The van der Waals surface area contributed by atoms with Gasteiger partial charge in [-0.1, -0.05) is 6.92 Å². The summed E-state index contributed by atoms with van der Waals surface area (Å²) in [5.74, 6) is -4.12. The summed E-state index contributed by atoms with van der Waals surface area (Å²) >= 11 is 0. The molecule has 0 heterocycles. The maximum Gasteiger partial charge on any atom is 0.403 e. The van der Waals surface area contributed by atoms with Crippen LogP contribution in [0.3, 0.4) is 0 Å². The van der Waals surface area contributed by atoms with Gasteiger partial charge in [-0.05, 0) is 25.3 Å². The number of nitrogens with one attached hydrogen (secondary N) is 1. The van der Waals surface area contributed by atoms with E-state index in [4.69, 9.17) is 10.2 Å². The average Bonchev–Trinajstić information content (AvgIpc) is 2.20. The summed E-state index contributed by atoms with van der Waals surface area (Å²) in [6, 6.07) is 0. The molecule has 0 radical (unpaired) electrons. The summed E-state index contributed by atoms with van der Waals surface area (Å²) < 4.78 is 36.6. The molecule has 3 N–H and O–H groups in total. The second-order valence-electron chi connectivity index (χ2n) is 4.07. The second kappa shape index (κ2) is 7.50. The molecule has 0 spiro atoms. The van der Waals surface area contributed by atoms with E-state index in [1.165, 1.54) is 0 Å². The van der Waals surface area contributed by atoms with Crippen LogP contribution in [0.25, 0.3) is 0 Å². The highest BCUT2D eigenvalue weighted by Crippen LogP contribution is 2.25. The Morgan fingerprint density at radius 3 is 2.41 bits per heavy atom. The number of carbonyl (C=O) groups is 1. The number of alkyl halides is 3. The fourth-order valence-electron chi connectivity index (χ4n) is 1.26. The van der Waals surface area contributed by atoms with Crippen molar-refractivity contribution >= 4 is 5.97 Å². The first-order chi connectivity index (χ1) is 7.79. The number of hydrogen-bond acceptors (Lipinski definition) is 3. The SMILES string of the molecule is CC(CO)CCCNCC(C(=O)O)C(F)(F)F. The second-order valence-corrected chi connectivity index (χ2v) is 4.07. The van der Waals surface area contributed by atoms with E-state index in [0.717, 1.165) is 0 Å². The van der Waals surface area contributed by atoms with Crippen molar-refractivity contribution in [1.82, 2.24) is 5.32 Å². The lowest BCUT2D eigenvalue weighted by Gasteiger charge is -2.16. The molecule has 0 aliphatic carbocycles. The summed E-state index contributed by atoms with van der Waals surface area (Å²) in [5, 5.41) is 19.6. The minimum absolute atomic E-state index is 0.0420. The summed E-state index contributed by atoms with van der Waals surface area (Å²) in [4.78, 5) is 10.4. The van der Waals surface area contributed by atoms with Crippen molar-refractivity contribution in [2.75, 3.05) is 19.7 Å². The highest BCUT2D eigenvalue weighted by atomic mass is 19.4. The number of carboxylic acid groups (broad SMARTS) is 1. The van der Waals surface area contributed by atoms with Crippen molar-refractivity contribution in [3.05, 3.63) is 0 Å². The van der Waals surface area contributed by atoms with Crippen LogP contribution in [-0.2, 0) is 4.79 Å². The third-order valence-corrected chi connectivity index (χ3v) is 2.40. The van der Waals surface area contributed by atoms with Crippen molar-refractivity contribution in [3.63, 3.8) is 0 Å². The van der Waals surface area contributed by atoms with Gasteiger partial charge in [0.2, 0.25) is 0 Å². The number of aliphatic carboxylic acids is 1. The Bertz CT molecular complexity index is 233. The van der Waals surface area contributed by atoms with Gasteiger partial charge in [-0.3, -0.25) is 4.79 Å². The van der Waals surface area contributed by atoms with Gasteiger partial charge in [0.05, 0.1) is 0 Å². The van der Waals surface area contributed by atoms with Crippen molar-refractivity contribution in [3.8, 4) is 0 Å². The van der Waals surface area contributed by atoms with Crippen LogP contribution in [0.15, 0.2) is 0 Å². The van der Waals surface area contributed by atoms with E-state index in [9.17, 15) is 18.0 Å². The fourth-order valence-corrected chi connectivity index (χ4v) is 1.26. The van der Waals surface area contributed by atoms with Gasteiger partial charge in [0, 0.05) is 13.2 Å². The predicted octanol–water partition coefficient (Wildman–Crippen LogP) is 1.25. The zero-order valence-corrected chi connectivity index (χ0v) is 9.63. The Labute approximate surface area is 97.8 Å². The highest BCUT2D eigenvalue weighted by Gasteiger charge is 2.44. The molecule has 102 valence electrons. The van der Waals surface area contributed by atoms with E-state index in [2.05, 4.69) is 5.32 Å². The number of aliphatic hydroxyl groups excluding tert-OH is 1. The Morgan fingerprint density at radius 1 is 1.41 bits per heavy atom. The molecule has 0 bridgehead atoms. The molecule has 0 amide bonds. The van der Waals surface area contributed by atoms with Gasteiger partial charge in [-0.25, -0.2) is 0 Å². The first-order valence-electron chi connectivity index (χ1n) is 5.40. The molecule has 0 aromatic carbocycles. The number of carboxylic acids is 1. The molecule has 0 saturated heterocycles. The number of hydrogen-bond donors (Lipinski definition) is 3. The molecule has 0 fully saturated rings. The standard InChI is InChI=1S/C10H18F3NO3/c1-7(6-15)3-2-4-14-5-8(9(16)17)10(11,12)13/h7-8,14-15H,2-6H2,1H3,(H,16,17). The van der Waals surface area contributed by atoms with Gasteiger partial charge >= 0.3 is 12.1 Å². The Hall–Kier alpha value is -0.820. The predicted molar refractivity (Wildman–Crippen MR) is 55.5 cm³/mol. The van der Waals surface area contributed by atoms with Crippen molar-refractivity contribution in [1.29, 1.82) is 0 Å². The van der Waals surface area contributed by atoms with Gasteiger partial charge in [0.15, 0.2) is 5.92 Å². The minimum atomic E-state index is -4.72. The van der Waals surface area contributed by atoms with Crippen LogP contribution in [0.1, 0.15) is 19.8 Å². The van der Waals surface area contributed by atoms with Crippen LogP contribution < -0.4 is 5.32 Å². The van der Waals surface area contributed by atoms with Gasteiger partial charge < -0.3 is 15.5 Å². The quantitative estimate of drug-likeness (QED) is 0.572. The lowest BCUT2D eigenvalue weighted by atomic mass is 10.1. The third-order valence-electron chi connectivity index (χ3n) is 2.40. The fraction of sp³-hybridized carbons (Fsp3) is 0.900. The van der Waals surface area contributed by atoms with Gasteiger partial charge in [0.1, 0.15) is 0 Å². The molecule has 0 saturated carbocycles. The molecule has 0 aliphatic rings. The van der Waals surface area contributed by atoms with Crippen LogP contribution >= 0.6 is 0 Å². The number of aliphatic hydroxyl groups is 1. The molecule has 0 aromatic heterocycles. The molecule has 17 heavy (non-hydrogen) atoms. The smallest absolute Gasteiger partial charge is 0.403 e. The summed E-state index contributed by atoms with van der Waals surface area (Å²) in [6.45, 7) is 1.56. The summed E-state index contributed by atoms with van der Waals surface area (Å²) in [7, 11) is 0. The zero-order valence-electron chi connectivity index (χ0n) is 9.63. The Morgan fingerprint density at radius 2 is 2.00 bits per heavy atom. The molecule has 2 atom stereocenters. The zero-order chi connectivity index (χ0) is 13.5. The Balaban J connectivity index is 3.81. The van der Waals surface area contributed by atoms with Gasteiger partial charge in [-0.2, -0.15) is 13.2 Å². The van der Waals surface area contributed by atoms with Gasteiger partial charge in [0.25, 0.3) is 0 Å². The summed E-state index contributed by atoms with van der Waals surface area (Å²) in [5.41, 5.74) is 0. The highest BCUT2D eigenvalue weighted by molar-refractivity contribution is 5.71. The molecule has 4 nitrogen and oxygen atoms in total. The molecular formula is C10H18F3NO3. The first-order valence-corrected chi connectivity index (χ1v) is 5.40. The van der Waals surface area contributed by atoms with E-state index in [1.54, 1.807) is 0 Å². The maximum absolute atomic E-state index is 12.2. The molecule has 2 unspecified atom stereocenters. The van der Waals surface area contributed by atoms with Gasteiger partial charge in [-0.15, -0.1) is 0 Å². The first kappa shape index (κ1) is 16.2. The maximum atomic E-state index is 12.2. The van der Waals surface area contributed by atoms with Crippen LogP contribution in [0, 0.1) is 11.8 Å². The van der Waals surface area contributed by atoms with Crippen LogP contribution in [0.2, 0.25) is 0 Å². The normalized spacial score (nSPS) is 15.6. The molecule has 0 aromatic rings. The molecule has 7 heteroatoms. The molecule has 0 rings (SSSR count). The number of rotatable bonds is 8. The van der Waals surface area contributed by atoms with E-state index >= 15 is 0 Å². The topological polar surface area (TPSA) is 69.6 Å². The minimum Gasteiger partial charge on any atom is -0.481 e. The van der Waals surface area contributed by atoms with Crippen LogP contribution in [0.4, 0.5) is 13.2 Å². The monoisotopic (exact) mass is 257 g/mol. The molecular weight excluding hydrogens is 239 g/mol. The number of halogens is 3. The Kier molecular flexibility index (Phi) is 7.13. The van der Waals surface area contributed by atoms with Crippen molar-refractivity contribution in [2.45, 2.75) is 25.9 Å². The average molecular weight is 257 g/mol.